The van der Waals surface area contributed by atoms with E-state index in [0.29, 0.717) is 17.0 Å². The van der Waals surface area contributed by atoms with Gasteiger partial charge in [-0.15, -0.1) is 0 Å². The molecule has 0 aliphatic heterocycles. The molecule has 3 rings (SSSR count). The van der Waals surface area contributed by atoms with Gasteiger partial charge in [-0.2, -0.15) is 10.4 Å². The predicted octanol–water partition coefficient (Wildman–Crippen LogP) is 1.70. The Balaban J connectivity index is 2.20. The summed E-state index contributed by atoms with van der Waals surface area (Å²) in [6.45, 7) is 0.0184. The fraction of sp³-hybridized carbons (Fsp3) is 0.133. The minimum absolute atomic E-state index is 0.0184. The molecule has 0 atom stereocenters. The molecular formula is C15H12N4O2. The van der Waals surface area contributed by atoms with Crippen LogP contribution in [0.4, 0.5) is 0 Å². The topological polar surface area (TPSA) is 72.3 Å². The lowest BCUT2D eigenvalue weighted by Crippen LogP contribution is -2.20. The van der Waals surface area contributed by atoms with E-state index in [1.54, 1.807) is 25.6 Å². The Hall–Kier alpha value is -3.07. The highest BCUT2D eigenvalue weighted by atomic mass is 16.5. The Labute approximate surface area is 120 Å². The molecule has 6 heteroatoms. The first-order valence-corrected chi connectivity index (χ1v) is 6.34. The summed E-state index contributed by atoms with van der Waals surface area (Å²) in [6.07, 6.45) is 3.21. The van der Waals surface area contributed by atoms with E-state index in [9.17, 15) is 4.79 Å². The van der Waals surface area contributed by atoms with E-state index >= 15 is 0 Å². The molecule has 0 amide bonds. The zero-order valence-electron chi connectivity index (χ0n) is 11.4. The summed E-state index contributed by atoms with van der Waals surface area (Å²) >= 11 is 0. The molecule has 0 fully saturated rings. The Morgan fingerprint density at radius 1 is 1.33 bits per heavy atom. The van der Waals surface area contributed by atoms with Crippen LogP contribution < -0.4 is 10.3 Å². The molecule has 104 valence electrons. The number of methoxy groups -OCH3 is 1. The number of hydrogen-bond acceptors (Lipinski definition) is 4. The van der Waals surface area contributed by atoms with Crippen molar-refractivity contribution in [3.63, 3.8) is 0 Å². The van der Waals surface area contributed by atoms with Crippen molar-refractivity contribution in [3.8, 4) is 23.1 Å². The smallest absolute Gasteiger partial charge is 0.277 e. The van der Waals surface area contributed by atoms with Crippen molar-refractivity contribution in [2.75, 3.05) is 7.11 Å². The Morgan fingerprint density at radius 2 is 2.14 bits per heavy atom. The van der Waals surface area contributed by atoms with Crippen molar-refractivity contribution in [2.24, 2.45) is 0 Å². The number of fused-ring (bicyclic) bond motifs is 1. The second-order valence-electron chi connectivity index (χ2n) is 4.45. The zero-order valence-corrected chi connectivity index (χ0v) is 11.4. The van der Waals surface area contributed by atoms with E-state index in [4.69, 9.17) is 10.00 Å². The average Bonchev–Trinajstić information content (AvgIpc) is 2.95. The standard InChI is InChI=1S/C15H12N4O2/c1-21-14-5-3-2-4-11(14)12-10-13-15(20)18(7-6-16)8-9-19(13)17-12/h2-5,8-10H,7H2,1H3. The van der Waals surface area contributed by atoms with Crippen LogP contribution >= 0.6 is 0 Å². The minimum atomic E-state index is -0.243. The molecule has 0 spiro atoms. The summed E-state index contributed by atoms with van der Waals surface area (Å²) in [4.78, 5) is 12.2. The van der Waals surface area contributed by atoms with Gasteiger partial charge in [-0.3, -0.25) is 9.36 Å². The maximum Gasteiger partial charge on any atom is 0.277 e. The molecule has 6 nitrogen and oxygen atoms in total. The van der Waals surface area contributed by atoms with Gasteiger partial charge in [0.15, 0.2) is 0 Å². The molecule has 0 saturated heterocycles. The monoisotopic (exact) mass is 280 g/mol. The third-order valence-electron chi connectivity index (χ3n) is 3.23. The van der Waals surface area contributed by atoms with Crippen LogP contribution in [0.15, 0.2) is 47.5 Å². The van der Waals surface area contributed by atoms with Crippen LogP contribution in [0.2, 0.25) is 0 Å². The maximum atomic E-state index is 12.2. The second-order valence-corrected chi connectivity index (χ2v) is 4.45. The van der Waals surface area contributed by atoms with Gasteiger partial charge in [-0.1, -0.05) is 12.1 Å². The molecule has 0 aliphatic rings. The fourth-order valence-corrected chi connectivity index (χ4v) is 2.21. The number of rotatable bonds is 3. The van der Waals surface area contributed by atoms with E-state index in [2.05, 4.69) is 5.10 Å². The van der Waals surface area contributed by atoms with Crippen molar-refractivity contribution in [3.05, 3.63) is 53.1 Å². The molecule has 2 aromatic heterocycles. The van der Waals surface area contributed by atoms with Gasteiger partial charge in [-0.05, 0) is 18.2 Å². The number of nitriles is 1. The molecule has 2 heterocycles. The molecule has 0 saturated carbocycles. The van der Waals surface area contributed by atoms with Crippen LogP contribution in [-0.2, 0) is 6.54 Å². The van der Waals surface area contributed by atoms with E-state index in [-0.39, 0.29) is 12.1 Å². The average molecular weight is 280 g/mol. The van der Waals surface area contributed by atoms with Crippen LogP contribution in [0, 0.1) is 11.3 Å². The third kappa shape index (κ3) is 2.15. The largest absolute Gasteiger partial charge is 0.496 e. The van der Waals surface area contributed by atoms with Crippen LogP contribution in [0.1, 0.15) is 0 Å². The number of aromatic nitrogens is 3. The lowest BCUT2D eigenvalue weighted by Gasteiger charge is -2.04. The lowest BCUT2D eigenvalue weighted by atomic mass is 10.1. The summed E-state index contributed by atoms with van der Waals surface area (Å²) in [5.74, 6) is 0.693. The van der Waals surface area contributed by atoms with Gasteiger partial charge in [0.2, 0.25) is 0 Å². The maximum absolute atomic E-state index is 12.2. The van der Waals surface area contributed by atoms with Gasteiger partial charge < -0.3 is 4.74 Å². The first kappa shape index (κ1) is 12.9. The summed E-state index contributed by atoms with van der Waals surface area (Å²) < 4.78 is 8.17. The molecule has 0 radical (unpaired) electrons. The Kier molecular flexibility index (Phi) is 3.16. The van der Waals surface area contributed by atoms with Crippen molar-refractivity contribution in [1.29, 1.82) is 5.26 Å². The van der Waals surface area contributed by atoms with E-state index in [1.165, 1.54) is 9.08 Å². The van der Waals surface area contributed by atoms with Crippen LogP contribution in [0.5, 0.6) is 5.75 Å². The molecule has 0 unspecified atom stereocenters. The first-order chi connectivity index (χ1) is 10.2. The van der Waals surface area contributed by atoms with Crippen LogP contribution in [0.3, 0.4) is 0 Å². The van der Waals surface area contributed by atoms with Crippen LogP contribution in [-0.4, -0.2) is 21.3 Å². The molecule has 3 aromatic rings. The third-order valence-corrected chi connectivity index (χ3v) is 3.23. The lowest BCUT2D eigenvalue weighted by molar-refractivity contribution is 0.416. The molecule has 0 bridgehead atoms. The van der Waals surface area contributed by atoms with Crippen LogP contribution in [0.25, 0.3) is 16.8 Å². The van der Waals surface area contributed by atoms with Gasteiger partial charge in [0.05, 0.1) is 18.9 Å². The second kappa shape index (κ2) is 5.13. The number of hydrogen-bond donors (Lipinski definition) is 0. The molecule has 21 heavy (non-hydrogen) atoms. The summed E-state index contributed by atoms with van der Waals surface area (Å²) in [5, 5.41) is 13.1. The molecule has 0 aliphatic carbocycles. The predicted molar refractivity (Wildman–Crippen MR) is 77.1 cm³/mol. The fourth-order valence-electron chi connectivity index (χ4n) is 2.21. The van der Waals surface area contributed by atoms with Crippen molar-refractivity contribution in [1.82, 2.24) is 14.2 Å². The number of ether oxygens (including phenoxy) is 1. The zero-order chi connectivity index (χ0) is 14.8. The van der Waals surface area contributed by atoms with Crippen molar-refractivity contribution < 1.29 is 4.74 Å². The van der Waals surface area contributed by atoms with Gasteiger partial charge in [0.1, 0.15) is 17.8 Å². The summed E-state index contributed by atoms with van der Waals surface area (Å²) in [7, 11) is 1.59. The first-order valence-electron chi connectivity index (χ1n) is 6.34. The van der Waals surface area contributed by atoms with Crippen molar-refractivity contribution in [2.45, 2.75) is 6.54 Å². The van der Waals surface area contributed by atoms with E-state index < -0.39 is 0 Å². The number of para-hydroxylation sites is 1. The number of benzene rings is 1. The van der Waals surface area contributed by atoms with Gasteiger partial charge in [-0.25, -0.2) is 4.52 Å². The molecule has 0 N–H and O–H groups in total. The number of nitrogens with zero attached hydrogens (tertiary/aromatic N) is 4. The normalized spacial score (nSPS) is 10.5. The van der Waals surface area contributed by atoms with Gasteiger partial charge >= 0.3 is 0 Å². The highest BCUT2D eigenvalue weighted by Gasteiger charge is 2.12. The van der Waals surface area contributed by atoms with E-state index in [0.717, 1.165) is 5.56 Å². The highest BCUT2D eigenvalue weighted by molar-refractivity contribution is 5.71. The Bertz CT molecular complexity index is 902. The molecule has 1 aromatic carbocycles. The summed E-state index contributed by atoms with van der Waals surface area (Å²) in [6, 6.07) is 11.1. The summed E-state index contributed by atoms with van der Waals surface area (Å²) in [5.41, 5.74) is 1.65. The minimum Gasteiger partial charge on any atom is -0.496 e. The van der Waals surface area contributed by atoms with Crippen molar-refractivity contribution >= 4 is 5.52 Å². The Morgan fingerprint density at radius 3 is 2.90 bits per heavy atom. The highest BCUT2D eigenvalue weighted by Crippen LogP contribution is 2.28. The van der Waals surface area contributed by atoms with Gasteiger partial charge in [0.25, 0.3) is 5.56 Å². The SMILES string of the molecule is COc1ccccc1-c1cc2c(=O)n(CC#N)ccn2n1. The van der Waals surface area contributed by atoms with E-state index in [1.807, 2.05) is 30.3 Å². The molecular weight excluding hydrogens is 268 g/mol. The quantitative estimate of drug-likeness (QED) is 0.732. The van der Waals surface area contributed by atoms with Gasteiger partial charge in [0, 0.05) is 18.0 Å².